The Morgan fingerprint density at radius 1 is 0.900 bits per heavy atom. The minimum Gasteiger partial charge on any atom is -0.301 e. The van der Waals surface area contributed by atoms with E-state index in [-0.39, 0.29) is 6.61 Å². The summed E-state index contributed by atoms with van der Waals surface area (Å²) < 4.78 is 14.3. The highest BCUT2D eigenvalue weighted by Gasteiger charge is 2.14. The molecule has 0 unspecified atom stereocenters. The second-order valence-electron chi connectivity index (χ2n) is 4.20. The first-order chi connectivity index (χ1) is 9.54. The van der Waals surface area contributed by atoms with Gasteiger partial charge in [0.2, 0.25) is 0 Å². The fraction of sp³-hybridized carbons (Fsp3) is 0.143. The molecule has 0 aliphatic carbocycles. The number of hydrogen-bond donors (Lipinski definition) is 2. The zero-order chi connectivity index (χ0) is 14.4. The summed E-state index contributed by atoms with van der Waals surface area (Å²) in [5.74, 6) is 0. The van der Waals surface area contributed by atoms with E-state index in [1.807, 2.05) is 54.6 Å². The molecule has 2 N–H and O–H groups in total. The van der Waals surface area contributed by atoms with Gasteiger partial charge in [0.05, 0.1) is 6.61 Å². The highest BCUT2D eigenvalue weighted by Crippen LogP contribution is 2.35. The minimum absolute atomic E-state index is 0.0792. The van der Waals surface area contributed by atoms with Gasteiger partial charge in [0, 0.05) is 0 Å². The molecular formula is C14H15O5P. The Bertz CT molecular complexity index is 576. The Hall–Kier alpha value is -1.49. The van der Waals surface area contributed by atoms with Gasteiger partial charge in [0.15, 0.2) is 0 Å². The molecule has 20 heavy (non-hydrogen) atoms. The van der Waals surface area contributed by atoms with Crippen molar-refractivity contribution >= 4 is 7.82 Å². The number of rotatable bonds is 6. The van der Waals surface area contributed by atoms with Gasteiger partial charge in [-0.1, -0.05) is 54.6 Å². The van der Waals surface area contributed by atoms with Crippen molar-refractivity contribution in [3.8, 4) is 11.1 Å². The molecule has 0 spiro atoms. The van der Waals surface area contributed by atoms with E-state index < -0.39 is 7.82 Å². The van der Waals surface area contributed by atoms with Gasteiger partial charge in [-0.2, -0.15) is 0 Å². The summed E-state index contributed by atoms with van der Waals surface area (Å²) in [7, 11) is -4.56. The quantitative estimate of drug-likeness (QED) is 0.371. The van der Waals surface area contributed by atoms with Crippen LogP contribution in [0.4, 0.5) is 0 Å². The molecule has 0 heterocycles. The van der Waals surface area contributed by atoms with Gasteiger partial charge in [0.1, 0.15) is 0 Å². The van der Waals surface area contributed by atoms with Crippen LogP contribution in [0.15, 0.2) is 54.6 Å². The number of hydrogen-bond acceptors (Lipinski definition) is 3. The van der Waals surface area contributed by atoms with Crippen molar-refractivity contribution in [2.75, 3.05) is 6.61 Å². The van der Waals surface area contributed by atoms with Crippen molar-refractivity contribution in [1.82, 2.24) is 0 Å². The Balaban J connectivity index is 1.88. The van der Waals surface area contributed by atoms with E-state index in [4.69, 9.17) is 9.79 Å². The summed E-state index contributed by atoms with van der Waals surface area (Å²) in [5.41, 5.74) is 3.25. The lowest BCUT2D eigenvalue weighted by Gasteiger charge is -2.06. The molecule has 106 valence electrons. The van der Waals surface area contributed by atoms with E-state index >= 15 is 0 Å². The summed E-state index contributed by atoms with van der Waals surface area (Å²) in [4.78, 5) is 21.3. The van der Waals surface area contributed by atoms with Crippen LogP contribution in [0.25, 0.3) is 11.1 Å². The highest BCUT2D eigenvalue weighted by molar-refractivity contribution is 7.46. The summed E-state index contributed by atoms with van der Waals surface area (Å²) in [6.45, 7) is 0.0792. The van der Waals surface area contributed by atoms with Crippen LogP contribution in [0.5, 0.6) is 0 Å². The van der Waals surface area contributed by atoms with Crippen LogP contribution in [0.1, 0.15) is 5.56 Å². The molecule has 2 aromatic rings. The molecular weight excluding hydrogens is 279 g/mol. The van der Waals surface area contributed by atoms with Crippen molar-refractivity contribution < 1.29 is 23.9 Å². The van der Waals surface area contributed by atoms with Crippen LogP contribution in [-0.4, -0.2) is 16.4 Å². The van der Waals surface area contributed by atoms with Gasteiger partial charge >= 0.3 is 7.82 Å². The van der Waals surface area contributed by atoms with Crippen LogP contribution in [0.3, 0.4) is 0 Å². The third-order valence-corrected chi connectivity index (χ3v) is 2.98. The monoisotopic (exact) mass is 294 g/mol. The van der Waals surface area contributed by atoms with Gasteiger partial charge in [-0.15, -0.1) is 4.67 Å². The Morgan fingerprint density at radius 2 is 1.50 bits per heavy atom. The average Bonchev–Trinajstić information content (AvgIpc) is 2.44. The van der Waals surface area contributed by atoms with Crippen molar-refractivity contribution in [3.63, 3.8) is 0 Å². The predicted molar refractivity (Wildman–Crippen MR) is 74.7 cm³/mol. The van der Waals surface area contributed by atoms with Crippen LogP contribution < -0.4 is 0 Å². The normalized spacial score (nSPS) is 11.5. The molecule has 0 fully saturated rings. The zero-order valence-corrected chi connectivity index (χ0v) is 11.6. The molecule has 0 radical (unpaired) electrons. The molecule has 6 heteroatoms. The lowest BCUT2D eigenvalue weighted by molar-refractivity contribution is -0.221. The molecule has 0 aliphatic rings. The molecule has 0 amide bonds. The Kier molecular flexibility index (Phi) is 5.06. The second-order valence-corrected chi connectivity index (χ2v) is 5.33. The van der Waals surface area contributed by atoms with Crippen molar-refractivity contribution in [2.45, 2.75) is 6.42 Å². The molecule has 0 atom stereocenters. The zero-order valence-electron chi connectivity index (χ0n) is 10.7. The van der Waals surface area contributed by atoms with E-state index in [0.717, 1.165) is 16.7 Å². The van der Waals surface area contributed by atoms with Gasteiger partial charge in [-0.25, -0.2) is 9.45 Å². The third-order valence-electron chi connectivity index (χ3n) is 2.68. The minimum atomic E-state index is -4.56. The predicted octanol–water partition coefficient (Wildman–Crippen LogP) is 2.94. The highest BCUT2D eigenvalue weighted by atomic mass is 31.2. The van der Waals surface area contributed by atoms with E-state index in [2.05, 4.69) is 9.56 Å². The fourth-order valence-corrected chi connectivity index (χ4v) is 1.97. The first-order valence-corrected chi connectivity index (χ1v) is 7.59. The molecule has 0 saturated carbocycles. The van der Waals surface area contributed by atoms with E-state index in [1.54, 1.807) is 0 Å². The summed E-state index contributed by atoms with van der Waals surface area (Å²) in [6.07, 6.45) is 0.509. The summed E-state index contributed by atoms with van der Waals surface area (Å²) >= 11 is 0. The fourth-order valence-electron chi connectivity index (χ4n) is 1.76. The van der Waals surface area contributed by atoms with Crippen molar-refractivity contribution in [3.05, 3.63) is 60.2 Å². The van der Waals surface area contributed by atoms with Crippen LogP contribution >= 0.6 is 7.82 Å². The topological polar surface area (TPSA) is 76.0 Å². The molecule has 0 saturated heterocycles. The Morgan fingerprint density at radius 3 is 2.10 bits per heavy atom. The summed E-state index contributed by atoms with van der Waals surface area (Å²) in [5, 5.41) is 0. The van der Waals surface area contributed by atoms with Crippen LogP contribution in [0, 0.1) is 0 Å². The lowest BCUT2D eigenvalue weighted by atomic mass is 10.0. The molecule has 2 aromatic carbocycles. The van der Waals surface area contributed by atoms with Gasteiger partial charge in [0.25, 0.3) is 0 Å². The maximum absolute atomic E-state index is 10.4. The molecule has 0 aliphatic heterocycles. The van der Waals surface area contributed by atoms with Gasteiger partial charge < -0.3 is 9.79 Å². The second kappa shape index (κ2) is 6.79. The van der Waals surface area contributed by atoms with Crippen molar-refractivity contribution in [2.24, 2.45) is 0 Å². The number of phosphoric acid groups is 1. The smallest absolute Gasteiger partial charge is 0.301 e. The maximum Gasteiger partial charge on any atom is 0.496 e. The average molecular weight is 294 g/mol. The van der Waals surface area contributed by atoms with Crippen LogP contribution in [-0.2, 0) is 20.5 Å². The van der Waals surface area contributed by atoms with E-state index in [1.165, 1.54) is 0 Å². The molecule has 0 bridgehead atoms. The van der Waals surface area contributed by atoms with Gasteiger partial charge in [-0.3, -0.25) is 0 Å². The summed E-state index contributed by atoms with van der Waals surface area (Å²) in [6, 6.07) is 17.9. The largest absolute Gasteiger partial charge is 0.496 e. The standard InChI is InChI=1S/C14H15O5P/c15-20(16,17)19-18-11-10-12-6-8-14(9-7-12)13-4-2-1-3-5-13/h1-9H,10-11H2,(H2,15,16,17). The first-order valence-electron chi connectivity index (χ1n) is 6.06. The third kappa shape index (κ3) is 4.89. The van der Waals surface area contributed by atoms with E-state index in [9.17, 15) is 4.57 Å². The lowest BCUT2D eigenvalue weighted by Crippen LogP contribution is -1.98. The van der Waals surface area contributed by atoms with Gasteiger partial charge in [-0.05, 0) is 23.1 Å². The van der Waals surface area contributed by atoms with E-state index in [0.29, 0.717) is 6.42 Å². The van der Waals surface area contributed by atoms with Crippen LogP contribution in [0.2, 0.25) is 0 Å². The SMILES string of the molecule is O=P(O)(O)OOCCc1ccc(-c2ccccc2)cc1. The molecule has 2 rings (SSSR count). The number of benzene rings is 2. The maximum atomic E-state index is 10.4. The Labute approximate surface area is 117 Å². The molecule has 5 nitrogen and oxygen atoms in total. The molecule has 0 aromatic heterocycles. The first kappa shape index (κ1) is 14.9. The van der Waals surface area contributed by atoms with Crippen molar-refractivity contribution in [1.29, 1.82) is 0 Å².